The Morgan fingerprint density at radius 2 is 1.70 bits per heavy atom. The summed E-state index contributed by atoms with van der Waals surface area (Å²) in [6, 6.07) is -1.50. The number of aromatic nitrogens is 6. The molecule has 3 saturated heterocycles. The molecule has 26 heteroatoms. The van der Waals surface area contributed by atoms with Crippen LogP contribution in [0.4, 0.5) is 11.8 Å². The molecule has 2 bridgehead atoms. The van der Waals surface area contributed by atoms with Crippen molar-refractivity contribution in [3.63, 3.8) is 0 Å². The Morgan fingerprint density at radius 3 is 2.45 bits per heavy atom. The first-order chi connectivity index (χ1) is 22.4. The second kappa shape index (κ2) is 11.8. The van der Waals surface area contributed by atoms with Crippen LogP contribution in [0.3, 0.4) is 0 Å². The number of phosphoric acid groups is 2. The van der Waals surface area contributed by atoms with E-state index >= 15 is 0 Å². The van der Waals surface area contributed by atoms with E-state index in [-0.39, 0.29) is 35.0 Å². The molecule has 3 fully saturated rings. The number of hydrogen-bond donors (Lipinski definition) is 6. The number of anilines is 1. The minimum Gasteiger partial charge on any atom is -0.386 e. The summed E-state index contributed by atoms with van der Waals surface area (Å²) < 4.78 is 61.8. The fourth-order valence-electron chi connectivity index (χ4n) is 5.71. The van der Waals surface area contributed by atoms with Crippen molar-refractivity contribution in [2.24, 2.45) is 10.1 Å². The number of aliphatic hydroxyl groups excluding tert-OH is 2. The second-order valence-electron chi connectivity index (χ2n) is 10.7. The highest BCUT2D eigenvalue weighted by atomic mass is 31.2. The summed E-state index contributed by atoms with van der Waals surface area (Å²) in [4.78, 5) is 55.2. The third-order valence-electron chi connectivity index (χ3n) is 7.77. The Balaban J connectivity index is 1.23. The molecular formula is C21H25N11O13P2. The minimum atomic E-state index is -5.16. The molecule has 0 spiro atoms. The lowest BCUT2D eigenvalue weighted by atomic mass is 10.1. The Morgan fingerprint density at radius 1 is 1.02 bits per heavy atom. The topological polar surface area (TPSA) is 339 Å². The normalized spacial score (nSPS) is 38.9. The van der Waals surface area contributed by atoms with Crippen LogP contribution in [0, 0.1) is 0 Å². The summed E-state index contributed by atoms with van der Waals surface area (Å²) in [6.07, 6.45) is -7.95. The quantitative estimate of drug-likeness (QED) is 0.0874. The highest BCUT2D eigenvalue weighted by Crippen LogP contribution is 2.54. The van der Waals surface area contributed by atoms with Crippen LogP contribution < -0.4 is 11.3 Å². The molecule has 3 unspecified atom stereocenters. The Bertz CT molecular complexity index is 1940. The first-order valence-electron chi connectivity index (χ1n) is 13.7. The van der Waals surface area contributed by atoms with Gasteiger partial charge in [-0.1, -0.05) is 5.11 Å². The van der Waals surface area contributed by atoms with Gasteiger partial charge in [0.25, 0.3) is 5.56 Å². The smallest absolute Gasteiger partial charge is 0.386 e. The van der Waals surface area contributed by atoms with Crippen LogP contribution >= 0.6 is 15.6 Å². The Labute approximate surface area is 260 Å². The number of imidazole rings is 2. The molecule has 0 radical (unpaired) electrons. The lowest BCUT2D eigenvalue weighted by Gasteiger charge is -2.26. The number of aromatic amines is 1. The van der Waals surface area contributed by atoms with Gasteiger partial charge in [-0.3, -0.25) is 37.0 Å². The number of nitrogens with two attached hydrogens (primary N) is 1. The van der Waals surface area contributed by atoms with Crippen molar-refractivity contribution in [2.45, 2.75) is 61.5 Å². The summed E-state index contributed by atoms with van der Waals surface area (Å²) in [5, 5.41) is 25.0. The number of aliphatic hydroxyl groups is 2. The van der Waals surface area contributed by atoms with Crippen LogP contribution in [0.25, 0.3) is 21.6 Å². The average molecular weight is 701 g/mol. The highest BCUT2D eigenvalue weighted by molar-refractivity contribution is 7.47. The number of H-pyrrole nitrogens is 1. The molecule has 4 aliphatic rings. The van der Waals surface area contributed by atoms with E-state index in [2.05, 4.69) is 35.0 Å². The summed E-state index contributed by atoms with van der Waals surface area (Å²) in [6.45, 7) is -1.67. The standard InChI is InChI=1S/C21H25N11O13P2/c22-21-27-17-12(18(35)28-21)26-6-32(17)20-15-11(29-30-23)8(42-20)3-40-46(36,37)44-14-9(4-41-47(38,39)45-15)43-19(13(14)34)31-5-25-10-7(33)1-2-24-16(10)31/h2,5-9,11,13-15,19-20,33-34H,1,3-4H2,(H,36,37)(H,38,39)(H3,22,27,28,35)/t7?,8-,9-,11-,13-,14-,15-,19-,20-/m1/s1. The maximum absolute atomic E-state index is 13.4. The van der Waals surface area contributed by atoms with Crippen LogP contribution in [0.5, 0.6) is 0 Å². The van der Waals surface area contributed by atoms with E-state index in [0.29, 0.717) is 0 Å². The van der Waals surface area contributed by atoms with E-state index in [1.165, 1.54) is 17.1 Å². The molecule has 24 nitrogen and oxygen atoms in total. The van der Waals surface area contributed by atoms with Gasteiger partial charge < -0.3 is 35.2 Å². The van der Waals surface area contributed by atoms with Gasteiger partial charge in [0.1, 0.15) is 36.2 Å². The first-order valence-corrected chi connectivity index (χ1v) is 16.7. The minimum absolute atomic E-state index is 0.135. The molecule has 0 aromatic carbocycles. The fourth-order valence-corrected chi connectivity index (χ4v) is 7.61. The molecule has 0 amide bonds. The van der Waals surface area contributed by atoms with Crippen LogP contribution in [0.1, 0.15) is 30.7 Å². The summed E-state index contributed by atoms with van der Waals surface area (Å²) in [7, 11) is -10.3. The van der Waals surface area contributed by atoms with Crippen molar-refractivity contribution in [1.82, 2.24) is 29.1 Å². The van der Waals surface area contributed by atoms with Gasteiger partial charge in [0.15, 0.2) is 29.4 Å². The third-order valence-corrected chi connectivity index (χ3v) is 9.74. The van der Waals surface area contributed by atoms with Gasteiger partial charge in [0, 0.05) is 17.5 Å². The van der Waals surface area contributed by atoms with E-state index in [0.717, 1.165) is 10.9 Å². The number of fused-ring (bicyclic) bond motifs is 5. The van der Waals surface area contributed by atoms with Crippen LogP contribution in [-0.4, -0.2) is 105 Å². The maximum atomic E-state index is 13.4. The van der Waals surface area contributed by atoms with Crippen molar-refractivity contribution >= 4 is 44.8 Å². The number of nitrogens with zero attached hydrogens (tertiary/aromatic N) is 9. The number of phosphoric ester groups is 2. The van der Waals surface area contributed by atoms with Crippen molar-refractivity contribution in [3.05, 3.63) is 39.1 Å². The summed E-state index contributed by atoms with van der Waals surface area (Å²) in [5.41, 5.74) is 14.1. The number of aliphatic imine (C=N–C) groups is 1. The van der Waals surface area contributed by atoms with Gasteiger partial charge in [-0.15, -0.1) is 0 Å². The molecule has 11 atom stereocenters. The SMILES string of the molecule is [N-]=[N+]=N[C@H]1[C@H]2OP(=O)(O)OC[C@H]3O[C@@H](n4cnc5c4N=CCC5O)[C@H](O)[C@@H]3OP(=O)(O)OC[C@H]1O[C@H]2n1cnc2c(=O)[nH]c(N)nc21. The van der Waals surface area contributed by atoms with Gasteiger partial charge >= 0.3 is 15.6 Å². The van der Waals surface area contributed by atoms with Crippen LogP contribution in [0.2, 0.25) is 0 Å². The lowest BCUT2D eigenvalue weighted by molar-refractivity contribution is -0.0673. The number of hydrogen-bond acceptors (Lipinski definition) is 17. The molecular weight excluding hydrogens is 676 g/mol. The molecule has 0 saturated carbocycles. The van der Waals surface area contributed by atoms with E-state index in [1.807, 2.05) is 0 Å². The summed E-state index contributed by atoms with van der Waals surface area (Å²) in [5.74, 6) is -0.162. The van der Waals surface area contributed by atoms with Crippen molar-refractivity contribution in [3.8, 4) is 0 Å². The highest BCUT2D eigenvalue weighted by Gasteiger charge is 2.54. The summed E-state index contributed by atoms with van der Waals surface area (Å²) >= 11 is 0. The Kier molecular flexibility index (Phi) is 8.04. The number of azide groups is 1. The molecule has 3 aromatic rings. The van der Waals surface area contributed by atoms with E-state index < -0.39 is 89.5 Å². The molecule has 7 rings (SSSR count). The second-order valence-corrected chi connectivity index (χ2v) is 13.5. The third kappa shape index (κ3) is 5.78. The van der Waals surface area contributed by atoms with Crippen LogP contribution in [0.15, 0.2) is 27.6 Å². The maximum Gasteiger partial charge on any atom is 0.472 e. The van der Waals surface area contributed by atoms with E-state index in [1.54, 1.807) is 0 Å². The van der Waals surface area contributed by atoms with Gasteiger partial charge in [-0.05, 0) is 5.53 Å². The number of nitrogen functional groups attached to an aromatic ring is 1. The largest absolute Gasteiger partial charge is 0.472 e. The molecule has 252 valence electrons. The van der Waals surface area contributed by atoms with Crippen molar-refractivity contribution in [1.29, 1.82) is 0 Å². The van der Waals surface area contributed by atoms with Gasteiger partial charge in [0.2, 0.25) is 5.95 Å². The fraction of sp³-hybridized carbons (Fsp3) is 0.571. The lowest BCUT2D eigenvalue weighted by Crippen LogP contribution is -2.36. The zero-order valence-corrected chi connectivity index (χ0v) is 25.3. The van der Waals surface area contributed by atoms with Gasteiger partial charge in [-0.2, -0.15) is 4.98 Å². The molecule has 7 heterocycles. The molecule has 7 N–H and O–H groups in total. The van der Waals surface area contributed by atoms with Gasteiger partial charge in [-0.25, -0.2) is 24.1 Å². The Hall–Kier alpha value is -3.60. The molecule has 0 aliphatic carbocycles. The first kappa shape index (κ1) is 32.0. The van der Waals surface area contributed by atoms with Crippen LogP contribution in [-0.2, 0) is 36.7 Å². The molecule has 3 aromatic heterocycles. The predicted molar refractivity (Wildman–Crippen MR) is 151 cm³/mol. The number of rotatable bonds is 3. The van der Waals surface area contributed by atoms with E-state index in [9.17, 15) is 39.5 Å². The molecule has 47 heavy (non-hydrogen) atoms. The average Bonchev–Trinajstić information content (AvgIpc) is 3.76. The number of ether oxygens (including phenoxy) is 2. The zero-order valence-electron chi connectivity index (χ0n) is 23.5. The van der Waals surface area contributed by atoms with Gasteiger partial charge in [0.05, 0.1) is 38.0 Å². The monoisotopic (exact) mass is 701 g/mol. The number of nitrogens with one attached hydrogen (secondary N) is 1. The van der Waals surface area contributed by atoms with Crippen molar-refractivity contribution in [2.75, 3.05) is 18.9 Å². The predicted octanol–water partition coefficient (Wildman–Crippen LogP) is -0.410. The van der Waals surface area contributed by atoms with Crippen molar-refractivity contribution < 1.29 is 56.7 Å². The molecule has 4 aliphatic heterocycles. The van der Waals surface area contributed by atoms with E-state index in [4.69, 9.17) is 33.3 Å². The zero-order chi connectivity index (χ0) is 33.2.